The summed E-state index contributed by atoms with van der Waals surface area (Å²) in [6, 6.07) is 0. The Bertz CT molecular complexity index is 399. The van der Waals surface area contributed by atoms with Crippen molar-refractivity contribution in [1.82, 2.24) is 0 Å². The first-order chi connectivity index (χ1) is 12.7. The van der Waals surface area contributed by atoms with Crippen LogP contribution in [-0.2, 0) is 19.1 Å². The molecule has 0 aromatic carbocycles. The average molecular weight is 367 g/mol. The predicted molar refractivity (Wildman–Crippen MR) is 107 cm³/mol. The molecule has 4 nitrogen and oxygen atoms in total. The summed E-state index contributed by atoms with van der Waals surface area (Å²) in [6.07, 6.45) is 20.1. The summed E-state index contributed by atoms with van der Waals surface area (Å²) in [5.41, 5.74) is 0. The molecule has 150 valence electrons. The number of unbranched alkanes of at least 4 members (excludes halogenated alkanes) is 8. The van der Waals surface area contributed by atoms with E-state index >= 15 is 0 Å². The highest BCUT2D eigenvalue weighted by Gasteiger charge is 2.07. The van der Waals surface area contributed by atoms with Crippen molar-refractivity contribution in [1.29, 1.82) is 0 Å². The Balaban J connectivity index is 3.46. The molecule has 0 atom stereocenters. The summed E-state index contributed by atoms with van der Waals surface area (Å²) < 4.78 is 10.1. The Hall–Kier alpha value is -1.58. The smallest absolute Gasteiger partial charge is 0.306 e. The molecule has 0 rings (SSSR count). The van der Waals surface area contributed by atoms with Crippen molar-refractivity contribution in [2.24, 2.45) is 0 Å². The molecule has 0 N–H and O–H groups in total. The van der Waals surface area contributed by atoms with Crippen LogP contribution in [0.15, 0.2) is 24.3 Å². The normalized spacial score (nSPS) is 11.3. The van der Waals surface area contributed by atoms with Crippen molar-refractivity contribution in [3.05, 3.63) is 24.3 Å². The van der Waals surface area contributed by atoms with E-state index in [2.05, 4.69) is 19.9 Å². The summed E-state index contributed by atoms with van der Waals surface area (Å²) in [6.45, 7) is 4.88. The van der Waals surface area contributed by atoms with Crippen LogP contribution in [0.4, 0.5) is 0 Å². The van der Waals surface area contributed by atoms with E-state index in [9.17, 15) is 9.59 Å². The van der Waals surface area contributed by atoms with Gasteiger partial charge in [-0.1, -0.05) is 83.1 Å². The highest BCUT2D eigenvalue weighted by Crippen LogP contribution is 2.08. The standard InChI is InChI=1S/C22H38O4/c1-3-5-7-9-10-11-12-13-14-16-20-26-22(24)18-17-21(23)25-19-15-8-6-4-2/h8,14-16H,3-7,9-13,17-20H2,1-2H3/b15-8-,16-14+. The third-order valence-electron chi connectivity index (χ3n) is 3.98. The highest BCUT2D eigenvalue weighted by atomic mass is 16.5. The summed E-state index contributed by atoms with van der Waals surface area (Å²) in [4.78, 5) is 23.0. The van der Waals surface area contributed by atoms with Crippen molar-refractivity contribution in [3.8, 4) is 0 Å². The molecular formula is C22H38O4. The molecule has 0 radical (unpaired) electrons. The van der Waals surface area contributed by atoms with E-state index in [0.717, 1.165) is 19.3 Å². The van der Waals surface area contributed by atoms with Crippen LogP contribution < -0.4 is 0 Å². The van der Waals surface area contributed by atoms with Crippen LogP contribution in [0.1, 0.15) is 90.9 Å². The van der Waals surface area contributed by atoms with E-state index in [1.54, 1.807) is 0 Å². The van der Waals surface area contributed by atoms with Crippen molar-refractivity contribution in [2.45, 2.75) is 90.9 Å². The number of carbonyl (C=O) groups excluding carboxylic acids is 2. The van der Waals surface area contributed by atoms with Gasteiger partial charge in [-0.2, -0.15) is 0 Å². The molecule has 0 fully saturated rings. The van der Waals surface area contributed by atoms with Gasteiger partial charge in [0.25, 0.3) is 0 Å². The molecule has 4 heteroatoms. The summed E-state index contributed by atoms with van der Waals surface area (Å²) in [5.74, 6) is -0.721. The van der Waals surface area contributed by atoms with E-state index < -0.39 is 0 Å². The molecule has 0 saturated carbocycles. The molecule has 0 bridgehead atoms. The first kappa shape index (κ1) is 24.4. The van der Waals surface area contributed by atoms with Gasteiger partial charge in [-0.3, -0.25) is 9.59 Å². The number of carbonyl (C=O) groups is 2. The van der Waals surface area contributed by atoms with Gasteiger partial charge in [0, 0.05) is 0 Å². The minimum atomic E-state index is -0.363. The van der Waals surface area contributed by atoms with Gasteiger partial charge in [0.15, 0.2) is 0 Å². The number of hydrogen-bond acceptors (Lipinski definition) is 4. The molecule has 0 heterocycles. The van der Waals surface area contributed by atoms with Gasteiger partial charge in [-0.25, -0.2) is 0 Å². The van der Waals surface area contributed by atoms with Crippen LogP contribution in [0.25, 0.3) is 0 Å². The minimum Gasteiger partial charge on any atom is -0.461 e. The first-order valence-electron chi connectivity index (χ1n) is 10.3. The number of allylic oxidation sites excluding steroid dienone is 2. The van der Waals surface area contributed by atoms with Crippen LogP contribution in [0.3, 0.4) is 0 Å². The van der Waals surface area contributed by atoms with Crippen LogP contribution in [0, 0.1) is 0 Å². The van der Waals surface area contributed by atoms with Crippen molar-refractivity contribution >= 4 is 11.9 Å². The van der Waals surface area contributed by atoms with Gasteiger partial charge in [-0.05, 0) is 19.3 Å². The lowest BCUT2D eigenvalue weighted by Gasteiger charge is -2.03. The van der Waals surface area contributed by atoms with Gasteiger partial charge in [0.05, 0.1) is 12.8 Å². The highest BCUT2D eigenvalue weighted by molar-refractivity contribution is 5.77. The largest absolute Gasteiger partial charge is 0.461 e. The zero-order valence-electron chi connectivity index (χ0n) is 16.8. The third kappa shape index (κ3) is 18.8. The number of ether oxygens (including phenoxy) is 2. The SMILES string of the molecule is CCC/C=C\COC(=O)CCC(=O)OC/C=C/CCCCCCCCC. The van der Waals surface area contributed by atoms with Gasteiger partial charge < -0.3 is 9.47 Å². The van der Waals surface area contributed by atoms with Crippen molar-refractivity contribution in [2.75, 3.05) is 13.2 Å². The van der Waals surface area contributed by atoms with Crippen LogP contribution in [0.5, 0.6) is 0 Å². The molecule has 0 aliphatic heterocycles. The molecule has 0 aliphatic carbocycles. The Labute approximate surface area is 160 Å². The Morgan fingerprint density at radius 3 is 1.65 bits per heavy atom. The maximum absolute atomic E-state index is 11.5. The second kappa shape index (κ2) is 19.7. The van der Waals surface area contributed by atoms with E-state index in [4.69, 9.17) is 9.47 Å². The maximum atomic E-state index is 11.5. The topological polar surface area (TPSA) is 52.6 Å². The lowest BCUT2D eigenvalue weighted by Crippen LogP contribution is -2.10. The van der Waals surface area contributed by atoms with E-state index in [1.807, 2.05) is 18.2 Å². The lowest BCUT2D eigenvalue weighted by molar-refractivity contribution is -0.149. The molecule has 0 amide bonds. The predicted octanol–water partition coefficient (Wildman–Crippen LogP) is 5.91. The van der Waals surface area contributed by atoms with Gasteiger partial charge in [0.1, 0.15) is 13.2 Å². The van der Waals surface area contributed by atoms with Gasteiger partial charge >= 0.3 is 11.9 Å². The van der Waals surface area contributed by atoms with Crippen molar-refractivity contribution < 1.29 is 19.1 Å². The zero-order valence-corrected chi connectivity index (χ0v) is 16.8. The average Bonchev–Trinajstić information content (AvgIpc) is 2.64. The van der Waals surface area contributed by atoms with Crippen LogP contribution in [0.2, 0.25) is 0 Å². The monoisotopic (exact) mass is 366 g/mol. The molecule has 26 heavy (non-hydrogen) atoms. The van der Waals surface area contributed by atoms with E-state index in [0.29, 0.717) is 0 Å². The molecule has 0 aromatic heterocycles. The molecular weight excluding hydrogens is 328 g/mol. The third-order valence-corrected chi connectivity index (χ3v) is 3.98. The Kier molecular flexibility index (Phi) is 18.5. The zero-order chi connectivity index (χ0) is 19.3. The molecule has 0 aromatic rings. The first-order valence-corrected chi connectivity index (χ1v) is 10.3. The second-order valence-electron chi connectivity index (χ2n) is 6.51. The number of hydrogen-bond donors (Lipinski definition) is 0. The summed E-state index contributed by atoms with van der Waals surface area (Å²) >= 11 is 0. The summed E-state index contributed by atoms with van der Waals surface area (Å²) in [5, 5.41) is 0. The molecule has 0 aliphatic rings. The quantitative estimate of drug-likeness (QED) is 0.182. The molecule has 0 unspecified atom stereocenters. The fourth-order valence-electron chi connectivity index (χ4n) is 2.39. The number of rotatable bonds is 17. The maximum Gasteiger partial charge on any atom is 0.306 e. The Morgan fingerprint density at radius 1 is 0.615 bits per heavy atom. The van der Waals surface area contributed by atoms with Crippen LogP contribution in [-0.4, -0.2) is 25.2 Å². The van der Waals surface area contributed by atoms with Gasteiger partial charge in [0.2, 0.25) is 0 Å². The molecule has 0 saturated heterocycles. The fraction of sp³-hybridized carbons (Fsp3) is 0.727. The fourth-order valence-corrected chi connectivity index (χ4v) is 2.39. The summed E-state index contributed by atoms with van der Waals surface area (Å²) in [7, 11) is 0. The van der Waals surface area contributed by atoms with Gasteiger partial charge in [-0.15, -0.1) is 0 Å². The minimum absolute atomic E-state index is 0.0716. The second-order valence-corrected chi connectivity index (χ2v) is 6.51. The van der Waals surface area contributed by atoms with E-state index in [1.165, 1.54) is 44.9 Å². The Morgan fingerprint density at radius 2 is 1.12 bits per heavy atom. The lowest BCUT2D eigenvalue weighted by atomic mass is 10.1. The van der Waals surface area contributed by atoms with E-state index in [-0.39, 0.29) is 38.0 Å². The molecule has 0 spiro atoms. The van der Waals surface area contributed by atoms with Crippen molar-refractivity contribution in [3.63, 3.8) is 0 Å². The van der Waals surface area contributed by atoms with Crippen LogP contribution >= 0.6 is 0 Å². The number of esters is 2.